The second kappa shape index (κ2) is 4.77. The minimum Gasteiger partial charge on any atom is -0.412 e. The second-order valence-corrected chi connectivity index (χ2v) is 4.25. The highest BCUT2D eigenvalue weighted by molar-refractivity contribution is 5.86. The lowest BCUT2D eigenvalue weighted by Gasteiger charge is -2.27. The summed E-state index contributed by atoms with van der Waals surface area (Å²) in [5, 5.41) is 10.3. The van der Waals surface area contributed by atoms with E-state index in [0.717, 1.165) is 27.8 Å². The van der Waals surface area contributed by atoms with Crippen molar-refractivity contribution < 1.29 is 10.6 Å². The van der Waals surface area contributed by atoms with Crippen LogP contribution < -0.4 is 0 Å². The van der Waals surface area contributed by atoms with Crippen molar-refractivity contribution in [1.82, 2.24) is 0 Å². The Morgan fingerprint density at radius 1 is 1.00 bits per heavy atom. The van der Waals surface area contributed by atoms with E-state index >= 15 is 0 Å². The molecule has 0 fully saturated rings. The predicted molar refractivity (Wildman–Crippen MR) is 73.7 cm³/mol. The monoisotopic (exact) mass is 239 g/mol. The first-order valence-corrected chi connectivity index (χ1v) is 5.68. The molecular formula is C16H15O2. The van der Waals surface area contributed by atoms with E-state index in [4.69, 9.17) is 0 Å². The van der Waals surface area contributed by atoms with Gasteiger partial charge < -0.3 is 10.6 Å². The lowest BCUT2D eigenvalue weighted by molar-refractivity contribution is 0.217. The third kappa shape index (κ3) is 1.76. The Morgan fingerprint density at radius 3 is 2.61 bits per heavy atom. The maximum Gasteiger partial charge on any atom is 0.105 e. The summed E-state index contributed by atoms with van der Waals surface area (Å²) < 4.78 is 0. The number of hydrogen-bond acceptors (Lipinski definition) is 1. The fraction of sp³-hybridized carbons (Fsp3) is 0.0625. The third-order valence-corrected chi connectivity index (χ3v) is 3.26. The Hall–Kier alpha value is -1.90. The first kappa shape index (κ1) is 12.6. The van der Waals surface area contributed by atoms with Crippen LogP contribution in [0.1, 0.15) is 17.2 Å². The molecule has 0 saturated carbocycles. The van der Waals surface area contributed by atoms with Crippen LogP contribution in [0.3, 0.4) is 0 Å². The van der Waals surface area contributed by atoms with Crippen molar-refractivity contribution in [2.45, 2.75) is 6.10 Å². The van der Waals surface area contributed by atoms with E-state index in [2.05, 4.69) is 13.0 Å². The first-order chi connectivity index (χ1) is 8.29. The smallest absolute Gasteiger partial charge is 0.105 e. The zero-order valence-corrected chi connectivity index (χ0v) is 9.93. The fourth-order valence-corrected chi connectivity index (χ4v) is 2.38. The molecular weight excluding hydrogens is 224 g/mol. The summed E-state index contributed by atoms with van der Waals surface area (Å²) in [5.41, 5.74) is 4.98. The number of allylic oxidation sites excluding steroid dienone is 5. The van der Waals surface area contributed by atoms with Gasteiger partial charge in [-0.1, -0.05) is 55.1 Å². The summed E-state index contributed by atoms with van der Waals surface area (Å²) in [5.74, 6) is 0. The van der Waals surface area contributed by atoms with Crippen molar-refractivity contribution in [3.63, 3.8) is 0 Å². The van der Waals surface area contributed by atoms with Crippen LogP contribution in [-0.4, -0.2) is 10.6 Å². The maximum atomic E-state index is 10.3. The van der Waals surface area contributed by atoms with Crippen molar-refractivity contribution in [2.24, 2.45) is 0 Å². The standard InChI is InChI=1S/C16H13O.H2O/c1-11-12-7-3-2-4-8-13(12)14-9-5-6-10-15(14)16(11)17;/h2-10,16-17H,1H2;1H2. The summed E-state index contributed by atoms with van der Waals surface area (Å²) in [6.07, 6.45) is 9.47. The quantitative estimate of drug-likeness (QED) is 0.743. The molecule has 18 heavy (non-hydrogen) atoms. The molecule has 0 aliphatic heterocycles. The Balaban J connectivity index is 0.00000120. The van der Waals surface area contributed by atoms with Crippen LogP contribution in [0.25, 0.3) is 5.57 Å². The van der Waals surface area contributed by atoms with E-state index < -0.39 is 6.10 Å². The lowest BCUT2D eigenvalue weighted by atomic mass is 9.80. The second-order valence-electron chi connectivity index (χ2n) is 4.25. The Morgan fingerprint density at radius 2 is 1.78 bits per heavy atom. The molecule has 1 atom stereocenters. The summed E-state index contributed by atoms with van der Waals surface area (Å²) in [7, 11) is 0. The van der Waals surface area contributed by atoms with Crippen LogP contribution in [0.15, 0.2) is 66.3 Å². The van der Waals surface area contributed by atoms with Gasteiger partial charge in [-0.3, -0.25) is 0 Å². The zero-order chi connectivity index (χ0) is 11.8. The van der Waals surface area contributed by atoms with E-state index in [1.807, 2.05) is 48.6 Å². The molecule has 3 N–H and O–H groups in total. The van der Waals surface area contributed by atoms with Gasteiger partial charge in [0.05, 0.1) is 0 Å². The van der Waals surface area contributed by atoms with E-state index in [1.165, 1.54) is 0 Å². The Labute approximate surface area is 107 Å². The van der Waals surface area contributed by atoms with Gasteiger partial charge in [-0.25, -0.2) is 0 Å². The number of rotatable bonds is 0. The summed E-state index contributed by atoms with van der Waals surface area (Å²) in [6, 6.07) is 7.95. The average Bonchev–Trinajstić information content (AvgIpc) is 2.62. The normalized spacial score (nSPS) is 20.9. The number of hydrogen-bond donors (Lipinski definition) is 1. The van der Waals surface area contributed by atoms with E-state index in [0.29, 0.717) is 0 Å². The van der Waals surface area contributed by atoms with Crippen molar-refractivity contribution in [3.8, 4) is 0 Å². The van der Waals surface area contributed by atoms with Gasteiger partial charge in [0.25, 0.3) is 0 Å². The molecule has 0 spiro atoms. The van der Waals surface area contributed by atoms with Gasteiger partial charge >= 0.3 is 0 Å². The predicted octanol–water partition coefficient (Wildman–Crippen LogP) is 2.55. The van der Waals surface area contributed by atoms with Crippen molar-refractivity contribution >= 4 is 5.57 Å². The first-order valence-electron chi connectivity index (χ1n) is 5.68. The molecule has 3 rings (SSSR count). The van der Waals surface area contributed by atoms with Crippen LogP contribution in [0, 0.1) is 6.42 Å². The molecule has 1 unspecified atom stereocenters. The van der Waals surface area contributed by atoms with Gasteiger partial charge in [0.2, 0.25) is 0 Å². The van der Waals surface area contributed by atoms with Crippen molar-refractivity contribution in [1.29, 1.82) is 0 Å². The molecule has 2 aliphatic rings. The number of aliphatic hydroxyl groups excluding tert-OH is 1. The molecule has 1 aromatic carbocycles. The van der Waals surface area contributed by atoms with Crippen LogP contribution in [0.5, 0.6) is 0 Å². The molecule has 1 aromatic rings. The highest BCUT2D eigenvalue weighted by Gasteiger charge is 2.26. The highest BCUT2D eigenvalue weighted by Crippen LogP contribution is 2.42. The minimum atomic E-state index is -0.596. The molecule has 91 valence electrons. The fourth-order valence-electron chi connectivity index (χ4n) is 2.38. The topological polar surface area (TPSA) is 51.7 Å². The van der Waals surface area contributed by atoms with Crippen LogP contribution >= 0.6 is 0 Å². The summed E-state index contributed by atoms with van der Waals surface area (Å²) in [4.78, 5) is 0. The van der Waals surface area contributed by atoms with Gasteiger partial charge in [-0.15, -0.1) is 0 Å². The Kier molecular flexibility index (Phi) is 3.32. The van der Waals surface area contributed by atoms with Gasteiger partial charge in [0, 0.05) is 6.42 Å². The molecule has 0 saturated heterocycles. The van der Waals surface area contributed by atoms with Crippen molar-refractivity contribution in [3.05, 3.63) is 83.8 Å². The lowest BCUT2D eigenvalue weighted by Crippen LogP contribution is -2.12. The van der Waals surface area contributed by atoms with Crippen LogP contribution in [0.4, 0.5) is 0 Å². The third-order valence-electron chi connectivity index (χ3n) is 3.26. The number of fused-ring (bicyclic) bond motifs is 2. The van der Waals surface area contributed by atoms with Gasteiger partial charge in [0.1, 0.15) is 6.10 Å². The minimum absolute atomic E-state index is 0. The maximum absolute atomic E-state index is 10.3. The molecule has 0 heterocycles. The zero-order valence-electron chi connectivity index (χ0n) is 9.93. The van der Waals surface area contributed by atoms with E-state index in [1.54, 1.807) is 0 Å². The summed E-state index contributed by atoms with van der Waals surface area (Å²) >= 11 is 0. The molecule has 0 bridgehead atoms. The molecule has 2 heteroatoms. The van der Waals surface area contributed by atoms with Gasteiger partial charge in [-0.2, -0.15) is 0 Å². The number of aliphatic hydroxyl groups is 1. The van der Waals surface area contributed by atoms with Crippen LogP contribution in [0.2, 0.25) is 0 Å². The van der Waals surface area contributed by atoms with E-state index in [-0.39, 0.29) is 5.48 Å². The molecule has 0 amide bonds. The van der Waals surface area contributed by atoms with E-state index in [9.17, 15) is 5.11 Å². The Bertz CT molecular complexity index is 577. The van der Waals surface area contributed by atoms with Gasteiger partial charge in [0.15, 0.2) is 0 Å². The number of benzene rings is 1. The SMILES string of the molecule is C=C1C2=C([CH]C=CC=C2)c2ccccc2C1O.O. The molecule has 2 aliphatic carbocycles. The summed E-state index contributed by atoms with van der Waals surface area (Å²) in [6.45, 7) is 4.01. The molecule has 2 nitrogen and oxygen atoms in total. The largest absolute Gasteiger partial charge is 0.412 e. The average molecular weight is 239 g/mol. The molecule has 1 radical (unpaired) electrons. The van der Waals surface area contributed by atoms with Gasteiger partial charge in [-0.05, 0) is 27.8 Å². The van der Waals surface area contributed by atoms with Crippen LogP contribution in [-0.2, 0) is 0 Å². The van der Waals surface area contributed by atoms with Crippen molar-refractivity contribution in [2.75, 3.05) is 0 Å². The highest BCUT2D eigenvalue weighted by atomic mass is 16.3. The molecule has 0 aromatic heterocycles.